The number of pyridine rings is 1. The van der Waals surface area contributed by atoms with E-state index in [2.05, 4.69) is 38.5 Å². The minimum Gasteiger partial charge on any atom is -0.487 e. The van der Waals surface area contributed by atoms with Crippen LogP contribution in [0.2, 0.25) is 0 Å². The molecule has 0 bridgehead atoms. The molecule has 0 aliphatic rings. The third-order valence-electron chi connectivity index (χ3n) is 4.21. The molecule has 7 heteroatoms. The van der Waals surface area contributed by atoms with Crippen molar-refractivity contribution in [3.63, 3.8) is 0 Å². The van der Waals surface area contributed by atoms with Crippen molar-refractivity contribution in [2.45, 2.75) is 26.6 Å². The Balaban J connectivity index is 1.23. The highest BCUT2D eigenvalue weighted by Crippen LogP contribution is 2.15. The number of hydrogen-bond acceptors (Lipinski definition) is 6. The first-order chi connectivity index (χ1) is 13.8. The number of thiazole rings is 1. The van der Waals surface area contributed by atoms with E-state index in [0.29, 0.717) is 6.61 Å². The van der Waals surface area contributed by atoms with E-state index < -0.39 is 0 Å². The topological polar surface area (TPSA) is 64.9 Å². The number of hydrogen-bond donors (Lipinski definition) is 1. The highest BCUT2D eigenvalue weighted by Gasteiger charge is 2.02. The average Bonchev–Trinajstić information content (AvgIpc) is 3.40. The normalized spacial score (nSPS) is 10.9. The molecule has 0 spiro atoms. The summed E-state index contributed by atoms with van der Waals surface area (Å²) in [6.45, 7) is 4.05. The first kappa shape index (κ1) is 18.3. The first-order valence-corrected chi connectivity index (χ1v) is 9.91. The van der Waals surface area contributed by atoms with Gasteiger partial charge in [-0.15, -0.1) is 11.3 Å². The molecular formula is C21H21N5OS. The molecule has 0 atom stereocenters. The SMILES string of the molecule is Cc1nc(COc2ccc(CNCc3ccc(-n4ccnc4)nc3)cc2)cs1. The van der Waals surface area contributed by atoms with Gasteiger partial charge >= 0.3 is 0 Å². The van der Waals surface area contributed by atoms with Gasteiger partial charge in [0.1, 0.15) is 24.5 Å². The molecule has 0 unspecified atom stereocenters. The number of imidazole rings is 1. The van der Waals surface area contributed by atoms with Crippen molar-refractivity contribution in [1.82, 2.24) is 24.8 Å². The Morgan fingerprint density at radius 2 is 1.89 bits per heavy atom. The Labute approximate surface area is 167 Å². The lowest BCUT2D eigenvalue weighted by molar-refractivity contribution is 0.302. The van der Waals surface area contributed by atoms with Crippen LogP contribution in [0, 0.1) is 6.92 Å². The molecule has 0 saturated heterocycles. The fraction of sp³-hybridized carbons (Fsp3) is 0.190. The van der Waals surface area contributed by atoms with Crippen LogP contribution < -0.4 is 10.1 Å². The van der Waals surface area contributed by atoms with Gasteiger partial charge in [0.05, 0.1) is 10.7 Å². The zero-order chi connectivity index (χ0) is 19.2. The third kappa shape index (κ3) is 4.82. The molecule has 0 amide bonds. The fourth-order valence-electron chi connectivity index (χ4n) is 2.76. The van der Waals surface area contributed by atoms with E-state index in [-0.39, 0.29) is 0 Å². The van der Waals surface area contributed by atoms with E-state index in [0.717, 1.165) is 40.9 Å². The predicted molar refractivity (Wildman–Crippen MR) is 110 cm³/mol. The molecule has 142 valence electrons. The van der Waals surface area contributed by atoms with Gasteiger partial charge in [-0.2, -0.15) is 0 Å². The van der Waals surface area contributed by atoms with Crippen LogP contribution in [0.25, 0.3) is 5.82 Å². The van der Waals surface area contributed by atoms with Gasteiger partial charge in [0, 0.05) is 37.1 Å². The molecule has 1 N–H and O–H groups in total. The number of aromatic nitrogens is 4. The van der Waals surface area contributed by atoms with Gasteiger partial charge in [0.15, 0.2) is 0 Å². The summed E-state index contributed by atoms with van der Waals surface area (Å²) in [5.41, 5.74) is 3.32. The summed E-state index contributed by atoms with van der Waals surface area (Å²) < 4.78 is 7.67. The minimum atomic E-state index is 0.504. The van der Waals surface area contributed by atoms with E-state index in [1.165, 1.54) is 5.56 Å². The lowest BCUT2D eigenvalue weighted by Gasteiger charge is -2.08. The van der Waals surface area contributed by atoms with Crippen molar-refractivity contribution >= 4 is 11.3 Å². The molecule has 3 aromatic heterocycles. The summed E-state index contributed by atoms with van der Waals surface area (Å²) >= 11 is 1.64. The van der Waals surface area contributed by atoms with Crippen LogP contribution >= 0.6 is 11.3 Å². The van der Waals surface area contributed by atoms with E-state index in [1.807, 2.05) is 47.5 Å². The second kappa shape index (κ2) is 8.77. The van der Waals surface area contributed by atoms with Gasteiger partial charge in [0.2, 0.25) is 0 Å². The Hall–Kier alpha value is -3.03. The quantitative estimate of drug-likeness (QED) is 0.493. The van der Waals surface area contributed by atoms with Crippen molar-refractivity contribution in [1.29, 1.82) is 0 Å². The number of nitrogens with zero attached hydrogens (tertiary/aromatic N) is 4. The summed E-state index contributed by atoms with van der Waals surface area (Å²) in [5, 5.41) is 6.54. The maximum Gasteiger partial charge on any atom is 0.137 e. The summed E-state index contributed by atoms with van der Waals surface area (Å²) in [4.78, 5) is 12.9. The minimum absolute atomic E-state index is 0.504. The van der Waals surface area contributed by atoms with Crippen LogP contribution in [-0.4, -0.2) is 19.5 Å². The largest absolute Gasteiger partial charge is 0.487 e. The molecule has 3 heterocycles. The predicted octanol–water partition coefficient (Wildman–Crippen LogP) is 3.90. The van der Waals surface area contributed by atoms with Gasteiger partial charge in [0.25, 0.3) is 0 Å². The Morgan fingerprint density at radius 1 is 1.07 bits per heavy atom. The molecule has 0 radical (unpaired) electrons. The van der Waals surface area contributed by atoms with Gasteiger partial charge in [-0.1, -0.05) is 18.2 Å². The van der Waals surface area contributed by atoms with Crippen molar-refractivity contribution in [2.24, 2.45) is 0 Å². The second-order valence-corrected chi connectivity index (χ2v) is 7.45. The Morgan fingerprint density at radius 3 is 2.57 bits per heavy atom. The van der Waals surface area contributed by atoms with Gasteiger partial charge < -0.3 is 10.1 Å². The molecule has 0 aliphatic heterocycles. The molecule has 0 fully saturated rings. The fourth-order valence-corrected chi connectivity index (χ4v) is 3.35. The Bertz CT molecular complexity index is 994. The van der Waals surface area contributed by atoms with E-state index in [9.17, 15) is 0 Å². The number of benzene rings is 1. The standard InChI is InChI=1S/C21H21N5OS/c1-16-25-19(14-28-16)13-27-20-5-2-17(3-6-20)10-23-11-18-4-7-21(24-12-18)26-9-8-22-15-26/h2-9,12,14-15,23H,10-11,13H2,1H3. The molecule has 4 rings (SSSR count). The number of ether oxygens (including phenoxy) is 1. The lowest BCUT2D eigenvalue weighted by Crippen LogP contribution is -2.13. The van der Waals surface area contributed by atoms with Crippen LogP contribution in [0.4, 0.5) is 0 Å². The molecule has 0 aliphatic carbocycles. The summed E-state index contributed by atoms with van der Waals surface area (Å²) in [6.07, 6.45) is 7.25. The average molecular weight is 392 g/mol. The lowest BCUT2D eigenvalue weighted by atomic mass is 10.2. The molecule has 1 aromatic carbocycles. The van der Waals surface area contributed by atoms with Crippen LogP contribution in [0.5, 0.6) is 5.75 Å². The van der Waals surface area contributed by atoms with E-state index in [1.54, 1.807) is 23.9 Å². The highest BCUT2D eigenvalue weighted by molar-refractivity contribution is 7.09. The number of rotatable bonds is 8. The van der Waals surface area contributed by atoms with Crippen LogP contribution in [0.3, 0.4) is 0 Å². The molecular weight excluding hydrogens is 370 g/mol. The molecule has 28 heavy (non-hydrogen) atoms. The van der Waals surface area contributed by atoms with Crippen LogP contribution in [0.15, 0.2) is 66.7 Å². The second-order valence-electron chi connectivity index (χ2n) is 6.39. The number of aryl methyl sites for hydroxylation is 1. The maximum absolute atomic E-state index is 5.79. The summed E-state index contributed by atoms with van der Waals surface area (Å²) in [7, 11) is 0. The van der Waals surface area contributed by atoms with Crippen molar-refractivity contribution < 1.29 is 4.74 Å². The Kier molecular flexibility index (Phi) is 5.75. The van der Waals surface area contributed by atoms with Gasteiger partial charge in [-0.05, 0) is 36.2 Å². The zero-order valence-corrected chi connectivity index (χ0v) is 16.4. The molecule has 4 aromatic rings. The third-order valence-corrected chi connectivity index (χ3v) is 5.04. The molecule has 6 nitrogen and oxygen atoms in total. The van der Waals surface area contributed by atoms with Crippen molar-refractivity contribution in [3.05, 3.63) is 88.5 Å². The smallest absolute Gasteiger partial charge is 0.137 e. The summed E-state index contributed by atoms with van der Waals surface area (Å²) in [6, 6.07) is 12.2. The maximum atomic E-state index is 5.79. The van der Waals surface area contributed by atoms with Gasteiger partial charge in [-0.25, -0.2) is 15.0 Å². The van der Waals surface area contributed by atoms with E-state index in [4.69, 9.17) is 4.74 Å². The first-order valence-electron chi connectivity index (χ1n) is 9.03. The van der Waals surface area contributed by atoms with Crippen molar-refractivity contribution in [2.75, 3.05) is 0 Å². The van der Waals surface area contributed by atoms with Crippen LogP contribution in [-0.2, 0) is 19.7 Å². The zero-order valence-electron chi connectivity index (χ0n) is 15.6. The van der Waals surface area contributed by atoms with Crippen molar-refractivity contribution in [3.8, 4) is 11.6 Å². The number of nitrogens with one attached hydrogen (secondary N) is 1. The monoisotopic (exact) mass is 391 g/mol. The highest BCUT2D eigenvalue weighted by atomic mass is 32.1. The summed E-state index contributed by atoms with van der Waals surface area (Å²) in [5.74, 6) is 1.72. The van der Waals surface area contributed by atoms with Crippen LogP contribution in [0.1, 0.15) is 21.8 Å². The molecule has 0 saturated carbocycles. The van der Waals surface area contributed by atoms with Gasteiger partial charge in [-0.3, -0.25) is 4.57 Å². The van der Waals surface area contributed by atoms with E-state index >= 15 is 0 Å².